The molecular formula is C15H19NO2. The number of carboxylic acids is 1. The number of para-hydroxylation sites is 1. The van der Waals surface area contributed by atoms with Gasteiger partial charge >= 0.3 is 5.97 Å². The Labute approximate surface area is 107 Å². The number of fused-ring (bicyclic) bond motifs is 1. The number of anilines is 1. The van der Waals surface area contributed by atoms with E-state index in [4.69, 9.17) is 0 Å². The molecule has 3 heteroatoms. The van der Waals surface area contributed by atoms with Crippen molar-refractivity contribution in [3.05, 3.63) is 29.8 Å². The second-order valence-corrected chi connectivity index (χ2v) is 5.59. The third-order valence-electron chi connectivity index (χ3n) is 4.49. The molecule has 96 valence electrons. The summed E-state index contributed by atoms with van der Waals surface area (Å²) >= 11 is 0. The van der Waals surface area contributed by atoms with Gasteiger partial charge < -0.3 is 10.0 Å². The minimum absolute atomic E-state index is 0.503. The first-order valence-electron chi connectivity index (χ1n) is 6.78. The van der Waals surface area contributed by atoms with E-state index in [9.17, 15) is 9.90 Å². The van der Waals surface area contributed by atoms with Crippen molar-refractivity contribution in [1.82, 2.24) is 0 Å². The van der Waals surface area contributed by atoms with Crippen LogP contribution in [0.5, 0.6) is 0 Å². The summed E-state index contributed by atoms with van der Waals surface area (Å²) in [4.78, 5) is 13.9. The third kappa shape index (κ3) is 1.78. The minimum atomic E-state index is -0.607. The number of hydrogen-bond acceptors (Lipinski definition) is 2. The molecule has 0 spiro atoms. The van der Waals surface area contributed by atoms with Gasteiger partial charge in [-0.3, -0.25) is 4.79 Å². The van der Waals surface area contributed by atoms with Crippen molar-refractivity contribution >= 4 is 11.7 Å². The van der Waals surface area contributed by atoms with Crippen LogP contribution < -0.4 is 4.90 Å². The fraction of sp³-hybridized carbons (Fsp3) is 0.533. The van der Waals surface area contributed by atoms with Crippen LogP contribution in [0.4, 0.5) is 5.69 Å². The monoisotopic (exact) mass is 245 g/mol. The highest BCUT2D eigenvalue weighted by Crippen LogP contribution is 2.41. The van der Waals surface area contributed by atoms with Gasteiger partial charge in [-0.25, -0.2) is 0 Å². The standard InChI is InChI=1S/C15H19NO2/c17-14(18)15(8-3-4-9-15)11-16-10-7-12-5-1-2-6-13(12)16/h1-2,5-6H,3-4,7-11H2,(H,17,18). The summed E-state index contributed by atoms with van der Waals surface area (Å²) in [5.74, 6) is -0.607. The van der Waals surface area contributed by atoms with Crippen molar-refractivity contribution in [3.63, 3.8) is 0 Å². The van der Waals surface area contributed by atoms with E-state index in [-0.39, 0.29) is 0 Å². The number of benzene rings is 1. The first-order chi connectivity index (χ1) is 8.71. The number of hydrogen-bond donors (Lipinski definition) is 1. The predicted molar refractivity (Wildman–Crippen MR) is 70.9 cm³/mol. The summed E-state index contributed by atoms with van der Waals surface area (Å²) in [6.07, 6.45) is 4.83. The molecule has 2 aliphatic rings. The third-order valence-corrected chi connectivity index (χ3v) is 4.49. The fourth-order valence-electron chi connectivity index (χ4n) is 3.43. The molecule has 3 nitrogen and oxygen atoms in total. The Morgan fingerprint density at radius 3 is 2.72 bits per heavy atom. The van der Waals surface area contributed by atoms with Crippen molar-refractivity contribution in [1.29, 1.82) is 0 Å². The molecule has 0 amide bonds. The van der Waals surface area contributed by atoms with Crippen LogP contribution in [0.1, 0.15) is 31.2 Å². The molecule has 0 saturated heterocycles. The van der Waals surface area contributed by atoms with Crippen molar-refractivity contribution in [2.24, 2.45) is 5.41 Å². The fourth-order valence-corrected chi connectivity index (χ4v) is 3.43. The summed E-state index contributed by atoms with van der Waals surface area (Å²) in [6, 6.07) is 8.37. The maximum Gasteiger partial charge on any atom is 0.311 e. The molecule has 1 aliphatic carbocycles. The second-order valence-electron chi connectivity index (χ2n) is 5.59. The molecule has 1 saturated carbocycles. The molecule has 1 aromatic carbocycles. The molecular weight excluding hydrogens is 226 g/mol. The van der Waals surface area contributed by atoms with Crippen molar-refractivity contribution in [3.8, 4) is 0 Å². The van der Waals surface area contributed by atoms with Crippen LogP contribution in [-0.4, -0.2) is 24.2 Å². The number of carbonyl (C=O) groups is 1. The number of nitrogens with zero attached hydrogens (tertiary/aromatic N) is 1. The zero-order valence-corrected chi connectivity index (χ0v) is 10.6. The van der Waals surface area contributed by atoms with E-state index in [2.05, 4.69) is 23.1 Å². The van der Waals surface area contributed by atoms with Crippen molar-refractivity contribution in [2.75, 3.05) is 18.0 Å². The Morgan fingerprint density at radius 2 is 2.00 bits per heavy atom. The zero-order valence-electron chi connectivity index (χ0n) is 10.6. The van der Waals surface area contributed by atoms with E-state index in [1.54, 1.807) is 0 Å². The Morgan fingerprint density at radius 1 is 1.28 bits per heavy atom. The summed E-state index contributed by atoms with van der Waals surface area (Å²) in [5, 5.41) is 9.55. The van der Waals surface area contributed by atoms with Gasteiger partial charge in [-0.1, -0.05) is 31.0 Å². The highest BCUT2D eigenvalue weighted by atomic mass is 16.4. The molecule has 0 aromatic heterocycles. The highest BCUT2D eigenvalue weighted by molar-refractivity contribution is 5.76. The van der Waals surface area contributed by atoms with E-state index in [1.165, 1.54) is 11.3 Å². The van der Waals surface area contributed by atoms with E-state index < -0.39 is 11.4 Å². The van der Waals surface area contributed by atoms with Crippen LogP contribution in [-0.2, 0) is 11.2 Å². The lowest BCUT2D eigenvalue weighted by Gasteiger charge is -2.31. The first-order valence-corrected chi connectivity index (χ1v) is 6.78. The van der Waals surface area contributed by atoms with Crippen molar-refractivity contribution < 1.29 is 9.90 Å². The zero-order chi connectivity index (χ0) is 12.6. The molecule has 1 N–H and O–H groups in total. The summed E-state index contributed by atoms with van der Waals surface area (Å²) in [6.45, 7) is 1.65. The average Bonchev–Trinajstić information content (AvgIpc) is 2.99. The maximum absolute atomic E-state index is 11.6. The van der Waals surface area contributed by atoms with Gasteiger partial charge in [0.25, 0.3) is 0 Å². The molecule has 0 bridgehead atoms. The van der Waals surface area contributed by atoms with E-state index in [0.29, 0.717) is 6.54 Å². The van der Waals surface area contributed by atoms with Crippen LogP contribution in [0.3, 0.4) is 0 Å². The molecule has 0 unspecified atom stereocenters. The van der Waals surface area contributed by atoms with Gasteiger partial charge in [0.2, 0.25) is 0 Å². The average molecular weight is 245 g/mol. The lowest BCUT2D eigenvalue weighted by molar-refractivity contribution is -0.148. The van der Waals surface area contributed by atoms with E-state index in [1.807, 2.05) is 6.07 Å². The highest BCUT2D eigenvalue weighted by Gasteiger charge is 2.43. The van der Waals surface area contributed by atoms with Crippen LogP contribution in [0.2, 0.25) is 0 Å². The Balaban J connectivity index is 1.83. The number of carboxylic acid groups (broad SMARTS) is 1. The minimum Gasteiger partial charge on any atom is -0.481 e. The smallest absolute Gasteiger partial charge is 0.311 e. The molecule has 1 heterocycles. The quantitative estimate of drug-likeness (QED) is 0.890. The van der Waals surface area contributed by atoms with Gasteiger partial charge in [0.05, 0.1) is 5.41 Å². The topological polar surface area (TPSA) is 40.5 Å². The summed E-state index contributed by atoms with van der Waals surface area (Å²) in [5.41, 5.74) is 2.10. The van der Waals surface area contributed by atoms with Gasteiger partial charge in [0, 0.05) is 18.8 Å². The van der Waals surface area contributed by atoms with Crippen LogP contribution in [0.25, 0.3) is 0 Å². The number of rotatable bonds is 3. The Bertz CT molecular complexity index is 463. The first kappa shape index (κ1) is 11.6. The summed E-state index contributed by atoms with van der Waals surface area (Å²) < 4.78 is 0. The molecule has 0 atom stereocenters. The number of aliphatic carboxylic acids is 1. The van der Waals surface area contributed by atoms with E-state index >= 15 is 0 Å². The SMILES string of the molecule is O=C(O)C1(CN2CCc3ccccc32)CCCC1. The lowest BCUT2D eigenvalue weighted by Crippen LogP contribution is -2.41. The van der Waals surface area contributed by atoms with Crippen molar-refractivity contribution in [2.45, 2.75) is 32.1 Å². The lowest BCUT2D eigenvalue weighted by atomic mass is 9.85. The molecule has 0 radical (unpaired) electrons. The van der Waals surface area contributed by atoms with Crippen LogP contribution in [0.15, 0.2) is 24.3 Å². The van der Waals surface area contributed by atoms with Gasteiger partial charge in [-0.15, -0.1) is 0 Å². The van der Waals surface area contributed by atoms with Gasteiger partial charge in [-0.2, -0.15) is 0 Å². The molecule has 18 heavy (non-hydrogen) atoms. The molecule has 1 fully saturated rings. The van der Waals surface area contributed by atoms with Gasteiger partial charge in [0.1, 0.15) is 0 Å². The molecule has 3 rings (SSSR count). The Kier molecular flexibility index (Phi) is 2.77. The maximum atomic E-state index is 11.6. The second kappa shape index (κ2) is 4.30. The molecule has 1 aromatic rings. The van der Waals surface area contributed by atoms with E-state index in [0.717, 1.165) is 38.6 Å². The van der Waals surface area contributed by atoms with Crippen LogP contribution in [0, 0.1) is 5.41 Å². The Hall–Kier alpha value is -1.51. The van der Waals surface area contributed by atoms with Gasteiger partial charge in [-0.05, 0) is 30.9 Å². The normalized spacial score (nSPS) is 21.0. The van der Waals surface area contributed by atoms with Gasteiger partial charge in [0.15, 0.2) is 0 Å². The summed E-state index contributed by atoms with van der Waals surface area (Å²) in [7, 11) is 0. The largest absolute Gasteiger partial charge is 0.481 e. The van der Waals surface area contributed by atoms with Crippen LogP contribution >= 0.6 is 0 Å². The molecule has 1 aliphatic heterocycles. The predicted octanol–water partition coefficient (Wildman–Crippen LogP) is 2.69.